The van der Waals surface area contributed by atoms with Gasteiger partial charge in [0, 0.05) is 18.0 Å². The van der Waals surface area contributed by atoms with Gasteiger partial charge in [-0.15, -0.1) is 0 Å². The second-order valence-electron chi connectivity index (χ2n) is 5.07. The van der Waals surface area contributed by atoms with E-state index in [0.717, 1.165) is 32.5 Å². The fraction of sp³-hybridized carbons (Fsp3) is 0.917. The van der Waals surface area contributed by atoms with Crippen molar-refractivity contribution < 1.29 is 9.53 Å². The molecule has 0 aliphatic carbocycles. The minimum atomic E-state index is 0.140. The topological polar surface area (TPSA) is 41.6 Å². The summed E-state index contributed by atoms with van der Waals surface area (Å²) < 4.78 is 4.99. The van der Waals surface area contributed by atoms with E-state index in [0.29, 0.717) is 19.1 Å². The summed E-state index contributed by atoms with van der Waals surface area (Å²) in [6.45, 7) is 8.69. The van der Waals surface area contributed by atoms with Crippen LogP contribution in [-0.4, -0.2) is 50.7 Å². The molecule has 16 heavy (non-hydrogen) atoms. The molecule has 1 aliphatic heterocycles. The highest BCUT2D eigenvalue weighted by Crippen LogP contribution is 2.31. The van der Waals surface area contributed by atoms with Crippen LogP contribution < -0.4 is 5.32 Å². The van der Waals surface area contributed by atoms with Crippen molar-refractivity contribution in [2.24, 2.45) is 5.41 Å². The van der Waals surface area contributed by atoms with Crippen molar-refractivity contribution in [2.75, 3.05) is 33.3 Å². The summed E-state index contributed by atoms with van der Waals surface area (Å²) in [6, 6.07) is 0.611. The smallest absolute Gasteiger partial charge is 0.293 e. The Bertz CT molecular complexity index is 211. The van der Waals surface area contributed by atoms with E-state index in [1.165, 1.54) is 0 Å². The Kier molecular flexibility index (Phi) is 5.22. The van der Waals surface area contributed by atoms with Crippen molar-refractivity contribution >= 4 is 6.47 Å². The molecule has 1 fully saturated rings. The van der Waals surface area contributed by atoms with E-state index < -0.39 is 0 Å². The molecule has 0 amide bonds. The Morgan fingerprint density at radius 3 is 2.50 bits per heavy atom. The molecule has 0 aromatic carbocycles. The predicted molar refractivity (Wildman–Crippen MR) is 64.3 cm³/mol. The molecule has 0 atom stereocenters. The molecule has 1 rings (SSSR count). The zero-order chi connectivity index (χ0) is 12.0. The second-order valence-corrected chi connectivity index (χ2v) is 5.07. The second kappa shape index (κ2) is 6.21. The first kappa shape index (κ1) is 13.5. The number of carbonyl (C=O) groups excluding carboxylic acids is 1. The summed E-state index contributed by atoms with van der Waals surface area (Å²) in [7, 11) is 1.96. The molecule has 94 valence electrons. The molecule has 1 aliphatic rings. The van der Waals surface area contributed by atoms with Gasteiger partial charge in [0.1, 0.15) is 0 Å². The number of hydrogen-bond donors (Lipinski definition) is 1. The van der Waals surface area contributed by atoms with Crippen LogP contribution in [0.25, 0.3) is 0 Å². The highest BCUT2D eigenvalue weighted by Gasteiger charge is 2.35. The monoisotopic (exact) mass is 228 g/mol. The third kappa shape index (κ3) is 3.46. The van der Waals surface area contributed by atoms with Crippen LogP contribution >= 0.6 is 0 Å². The normalized spacial score (nSPS) is 21.0. The summed E-state index contributed by atoms with van der Waals surface area (Å²) in [6.07, 6.45) is 2.19. The molecule has 0 unspecified atom stereocenters. The quantitative estimate of drug-likeness (QED) is 0.685. The van der Waals surface area contributed by atoms with Gasteiger partial charge < -0.3 is 15.0 Å². The molecule has 4 heteroatoms. The standard InChI is InChI=1S/C12H24N2O2/c1-11(2)14-6-4-12(5-7-14,8-13-3)9-16-10-15/h10-11,13H,4-9H2,1-3H3. The fourth-order valence-corrected chi connectivity index (χ4v) is 2.47. The number of rotatable bonds is 6. The van der Waals surface area contributed by atoms with Crippen molar-refractivity contribution in [2.45, 2.75) is 32.7 Å². The van der Waals surface area contributed by atoms with Crippen LogP contribution in [0.15, 0.2) is 0 Å². The highest BCUT2D eigenvalue weighted by molar-refractivity contribution is 5.37. The van der Waals surface area contributed by atoms with E-state index in [-0.39, 0.29) is 5.41 Å². The SMILES string of the molecule is CNCC1(COC=O)CCN(C(C)C)CC1. The lowest BCUT2D eigenvalue weighted by molar-refractivity contribution is -0.133. The van der Waals surface area contributed by atoms with Crippen LogP contribution in [-0.2, 0) is 9.53 Å². The van der Waals surface area contributed by atoms with Crippen LogP contribution in [0.2, 0.25) is 0 Å². The average molecular weight is 228 g/mol. The van der Waals surface area contributed by atoms with Crippen LogP contribution in [0, 0.1) is 5.41 Å². The van der Waals surface area contributed by atoms with E-state index in [1.807, 2.05) is 7.05 Å². The van der Waals surface area contributed by atoms with Gasteiger partial charge in [0.25, 0.3) is 6.47 Å². The van der Waals surface area contributed by atoms with Gasteiger partial charge in [-0.05, 0) is 46.8 Å². The number of nitrogens with zero attached hydrogens (tertiary/aromatic N) is 1. The van der Waals surface area contributed by atoms with Gasteiger partial charge >= 0.3 is 0 Å². The zero-order valence-corrected chi connectivity index (χ0v) is 10.7. The summed E-state index contributed by atoms with van der Waals surface area (Å²) in [5.41, 5.74) is 0.140. The van der Waals surface area contributed by atoms with Gasteiger partial charge in [-0.25, -0.2) is 0 Å². The molecule has 0 spiro atoms. The lowest BCUT2D eigenvalue weighted by Crippen LogP contribution is -2.48. The molecule has 4 nitrogen and oxygen atoms in total. The Labute approximate surface area is 98.3 Å². The predicted octanol–water partition coefficient (Wildman–Crippen LogP) is 0.869. The van der Waals surface area contributed by atoms with E-state index in [1.54, 1.807) is 0 Å². The number of hydrogen-bond acceptors (Lipinski definition) is 4. The maximum absolute atomic E-state index is 10.3. The molecule has 1 saturated heterocycles. The van der Waals surface area contributed by atoms with Gasteiger partial charge in [-0.1, -0.05) is 0 Å². The minimum Gasteiger partial charge on any atom is -0.467 e. The van der Waals surface area contributed by atoms with E-state index >= 15 is 0 Å². The fourth-order valence-electron chi connectivity index (χ4n) is 2.47. The molecular weight excluding hydrogens is 204 g/mol. The third-order valence-corrected chi connectivity index (χ3v) is 3.60. The number of likely N-dealkylation sites (tertiary alicyclic amines) is 1. The van der Waals surface area contributed by atoms with Crippen molar-refractivity contribution in [3.05, 3.63) is 0 Å². The number of nitrogens with one attached hydrogen (secondary N) is 1. The third-order valence-electron chi connectivity index (χ3n) is 3.60. The Balaban J connectivity index is 2.51. The van der Waals surface area contributed by atoms with E-state index in [9.17, 15) is 4.79 Å². The Morgan fingerprint density at radius 1 is 1.44 bits per heavy atom. The van der Waals surface area contributed by atoms with Crippen molar-refractivity contribution in [1.82, 2.24) is 10.2 Å². The molecular formula is C12H24N2O2. The van der Waals surface area contributed by atoms with Gasteiger partial charge in [0.15, 0.2) is 0 Å². The largest absolute Gasteiger partial charge is 0.467 e. The Hall–Kier alpha value is -0.610. The minimum absolute atomic E-state index is 0.140. The zero-order valence-electron chi connectivity index (χ0n) is 10.7. The first-order valence-corrected chi connectivity index (χ1v) is 6.07. The van der Waals surface area contributed by atoms with Crippen molar-refractivity contribution in [3.8, 4) is 0 Å². The maximum Gasteiger partial charge on any atom is 0.293 e. The first-order chi connectivity index (χ1) is 7.63. The van der Waals surface area contributed by atoms with E-state index in [2.05, 4.69) is 24.1 Å². The maximum atomic E-state index is 10.3. The molecule has 0 aromatic heterocycles. The van der Waals surface area contributed by atoms with Crippen molar-refractivity contribution in [3.63, 3.8) is 0 Å². The van der Waals surface area contributed by atoms with E-state index in [4.69, 9.17) is 4.74 Å². The summed E-state index contributed by atoms with van der Waals surface area (Å²) in [5, 5.41) is 3.22. The molecule has 0 bridgehead atoms. The molecule has 1 heterocycles. The van der Waals surface area contributed by atoms with Crippen molar-refractivity contribution in [1.29, 1.82) is 0 Å². The van der Waals surface area contributed by atoms with Gasteiger partial charge in [-0.3, -0.25) is 4.79 Å². The average Bonchev–Trinajstić information content (AvgIpc) is 2.27. The summed E-state index contributed by atoms with van der Waals surface area (Å²) >= 11 is 0. The molecule has 0 radical (unpaired) electrons. The molecule has 0 aromatic rings. The van der Waals surface area contributed by atoms with Crippen LogP contribution in [0.4, 0.5) is 0 Å². The summed E-state index contributed by atoms with van der Waals surface area (Å²) in [4.78, 5) is 12.8. The Morgan fingerprint density at radius 2 is 2.06 bits per heavy atom. The molecule has 0 saturated carbocycles. The lowest BCUT2D eigenvalue weighted by atomic mass is 9.78. The summed E-state index contributed by atoms with van der Waals surface area (Å²) in [5.74, 6) is 0. The highest BCUT2D eigenvalue weighted by atomic mass is 16.5. The number of piperidine rings is 1. The van der Waals surface area contributed by atoms with Gasteiger partial charge in [0.05, 0.1) is 6.61 Å². The van der Waals surface area contributed by atoms with Crippen LogP contribution in [0.3, 0.4) is 0 Å². The van der Waals surface area contributed by atoms with Crippen LogP contribution in [0.5, 0.6) is 0 Å². The number of carbonyl (C=O) groups is 1. The van der Waals surface area contributed by atoms with Crippen LogP contribution in [0.1, 0.15) is 26.7 Å². The van der Waals surface area contributed by atoms with Gasteiger partial charge in [-0.2, -0.15) is 0 Å². The molecule has 1 N–H and O–H groups in total. The lowest BCUT2D eigenvalue weighted by Gasteiger charge is -2.42. The van der Waals surface area contributed by atoms with Gasteiger partial charge in [0.2, 0.25) is 0 Å². The first-order valence-electron chi connectivity index (χ1n) is 6.07. The number of ether oxygens (including phenoxy) is 1.